The Hall–Kier alpha value is -1.96. The SMILES string of the molecule is O=C(N1CCCC1)N1CCCC2(CC(Nc3ncc(F)cn3)CO2)C1. The van der Waals surface area contributed by atoms with E-state index in [0.29, 0.717) is 19.1 Å². The van der Waals surface area contributed by atoms with Crippen LogP contribution in [0.4, 0.5) is 15.1 Å². The Morgan fingerprint density at radius 2 is 1.92 bits per heavy atom. The molecule has 3 fully saturated rings. The molecule has 1 aromatic rings. The van der Waals surface area contributed by atoms with Gasteiger partial charge in [-0.1, -0.05) is 0 Å². The van der Waals surface area contributed by atoms with Crippen LogP contribution in [-0.4, -0.2) is 70.2 Å². The topological polar surface area (TPSA) is 70.6 Å². The molecule has 3 aliphatic heterocycles. The van der Waals surface area contributed by atoms with E-state index < -0.39 is 5.82 Å². The number of halogens is 1. The molecule has 2 atom stereocenters. The lowest BCUT2D eigenvalue weighted by Gasteiger charge is -2.41. The Bertz CT molecular complexity index is 622. The van der Waals surface area contributed by atoms with Gasteiger partial charge in [-0.2, -0.15) is 0 Å². The molecule has 2 unspecified atom stereocenters. The molecule has 0 radical (unpaired) electrons. The summed E-state index contributed by atoms with van der Waals surface area (Å²) < 4.78 is 19.0. The summed E-state index contributed by atoms with van der Waals surface area (Å²) in [5, 5.41) is 3.21. The molecular formula is C17H24FN5O2. The molecule has 1 spiro atoms. The van der Waals surface area contributed by atoms with E-state index in [4.69, 9.17) is 4.74 Å². The molecule has 0 saturated carbocycles. The summed E-state index contributed by atoms with van der Waals surface area (Å²) in [4.78, 5) is 24.5. The third kappa shape index (κ3) is 3.53. The second kappa shape index (κ2) is 6.74. The maximum atomic E-state index is 12.9. The zero-order chi connectivity index (χ0) is 17.3. The third-order valence-electron chi connectivity index (χ3n) is 5.35. The lowest BCUT2D eigenvalue weighted by molar-refractivity contribution is -0.0435. The van der Waals surface area contributed by atoms with Gasteiger partial charge in [0.25, 0.3) is 0 Å². The fourth-order valence-corrected chi connectivity index (χ4v) is 4.16. The molecule has 2 amide bonds. The highest BCUT2D eigenvalue weighted by atomic mass is 19.1. The number of carbonyl (C=O) groups excluding carboxylic acids is 1. The van der Waals surface area contributed by atoms with Crippen LogP contribution in [0.15, 0.2) is 12.4 Å². The number of rotatable bonds is 2. The summed E-state index contributed by atoms with van der Waals surface area (Å²) in [7, 11) is 0. The number of carbonyl (C=O) groups is 1. The standard InChI is InChI=1S/C17H24FN5O2/c18-13-9-19-15(20-10-13)21-14-8-17(25-11-14)4-3-7-23(12-17)16(24)22-5-1-2-6-22/h9-10,14H,1-8,11-12H2,(H,19,20,21). The summed E-state index contributed by atoms with van der Waals surface area (Å²) >= 11 is 0. The number of amides is 2. The van der Waals surface area contributed by atoms with Gasteiger partial charge in [0.2, 0.25) is 5.95 Å². The number of nitrogens with one attached hydrogen (secondary N) is 1. The first-order valence-corrected chi connectivity index (χ1v) is 9.05. The van der Waals surface area contributed by atoms with Gasteiger partial charge < -0.3 is 19.9 Å². The fourth-order valence-electron chi connectivity index (χ4n) is 4.16. The summed E-state index contributed by atoms with van der Waals surface area (Å²) in [6, 6.07) is 0.228. The minimum atomic E-state index is -0.451. The van der Waals surface area contributed by atoms with Gasteiger partial charge in [-0.05, 0) is 25.7 Å². The Morgan fingerprint density at radius 1 is 1.20 bits per heavy atom. The molecule has 0 bridgehead atoms. The highest BCUT2D eigenvalue weighted by Gasteiger charge is 2.45. The molecule has 1 N–H and O–H groups in total. The van der Waals surface area contributed by atoms with Crippen LogP contribution in [0, 0.1) is 5.82 Å². The lowest BCUT2D eigenvalue weighted by atomic mass is 9.89. The summed E-state index contributed by atoms with van der Waals surface area (Å²) in [6.07, 6.45) is 7.22. The molecule has 0 aliphatic carbocycles. The van der Waals surface area contributed by atoms with Gasteiger partial charge in [-0.25, -0.2) is 19.2 Å². The van der Waals surface area contributed by atoms with Gasteiger partial charge >= 0.3 is 6.03 Å². The number of urea groups is 1. The van der Waals surface area contributed by atoms with Gasteiger partial charge in [0.1, 0.15) is 0 Å². The van der Waals surface area contributed by atoms with Gasteiger partial charge in [0, 0.05) is 26.1 Å². The minimum absolute atomic E-state index is 0.0762. The Kier molecular flexibility index (Phi) is 4.45. The Morgan fingerprint density at radius 3 is 2.68 bits per heavy atom. The van der Waals surface area contributed by atoms with Gasteiger partial charge in [0.15, 0.2) is 5.82 Å². The van der Waals surface area contributed by atoms with Crippen LogP contribution in [0.2, 0.25) is 0 Å². The maximum Gasteiger partial charge on any atom is 0.320 e. The summed E-state index contributed by atoms with van der Waals surface area (Å²) in [5.74, 6) is -0.0408. The second-order valence-electron chi connectivity index (χ2n) is 7.27. The monoisotopic (exact) mass is 349 g/mol. The molecule has 0 aromatic carbocycles. The van der Waals surface area contributed by atoms with Crippen molar-refractivity contribution < 1.29 is 13.9 Å². The highest BCUT2D eigenvalue weighted by molar-refractivity contribution is 5.75. The van der Waals surface area contributed by atoms with Gasteiger partial charge in [-0.3, -0.25) is 0 Å². The van der Waals surface area contributed by atoms with Crippen molar-refractivity contribution in [3.8, 4) is 0 Å². The predicted octanol–water partition coefficient (Wildman–Crippen LogP) is 1.87. The van der Waals surface area contributed by atoms with Crippen molar-refractivity contribution in [3.05, 3.63) is 18.2 Å². The predicted molar refractivity (Wildman–Crippen MR) is 89.7 cm³/mol. The number of hydrogen-bond acceptors (Lipinski definition) is 5. The van der Waals surface area contributed by atoms with Crippen molar-refractivity contribution in [2.24, 2.45) is 0 Å². The molecule has 136 valence electrons. The molecule has 3 saturated heterocycles. The summed E-state index contributed by atoms with van der Waals surface area (Å²) in [6.45, 7) is 3.74. The maximum absolute atomic E-state index is 12.9. The van der Waals surface area contributed by atoms with Crippen molar-refractivity contribution in [3.63, 3.8) is 0 Å². The number of likely N-dealkylation sites (tertiary alicyclic amines) is 2. The first-order valence-electron chi connectivity index (χ1n) is 9.05. The van der Waals surface area contributed by atoms with Crippen molar-refractivity contribution in [1.82, 2.24) is 19.8 Å². The third-order valence-corrected chi connectivity index (χ3v) is 5.35. The second-order valence-corrected chi connectivity index (χ2v) is 7.27. The highest BCUT2D eigenvalue weighted by Crippen LogP contribution is 2.36. The Balaban J connectivity index is 1.37. The Labute approximate surface area is 146 Å². The zero-order valence-corrected chi connectivity index (χ0v) is 14.3. The number of piperidine rings is 1. The van der Waals surface area contributed by atoms with Crippen LogP contribution >= 0.6 is 0 Å². The first kappa shape index (κ1) is 16.5. The van der Waals surface area contributed by atoms with E-state index in [1.807, 2.05) is 9.80 Å². The van der Waals surface area contributed by atoms with Crippen molar-refractivity contribution in [2.45, 2.75) is 43.7 Å². The molecule has 25 heavy (non-hydrogen) atoms. The van der Waals surface area contributed by atoms with E-state index in [1.54, 1.807) is 0 Å². The minimum Gasteiger partial charge on any atom is -0.371 e. The quantitative estimate of drug-likeness (QED) is 0.883. The molecule has 7 nitrogen and oxygen atoms in total. The van der Waals surface area contributed by atoms with E-state index in [1.165, 1.54) is 0 Å². The number of nitrogens with zero attached hydrogens (tertiary/aromatic N) is 4. The molecule has 4 rings (SSSR count). The van der Waals surface area contributed by atoms with Crippen LogP contribution in [0.25, 0.3) is 0 Å². The number of ether oxygens (including phenoxy) is 1. The van der Waals surface area contributed by atoms with E-state index >= 15 is 0 Å². The normalized spacial score (nSPS) is 29.4. The zero-order valence-electron chi connectivity index (χ0n) is 14.3. The lowest BCUT2D eigenvalue weighted by Crippen LogP contribution is -2.53. The van der Waals surface area contributed by atoms with Gasteiger partial charge in [-0.15, -0.1) is 0 Å². The molecule has 8 heteroatoms. The largest absolute Gasteiger partial charge is 0.371 e. The van der Waals surface area contributed by atoms with E-state index in [-0.39, 0.29) is 17.7 Å². The van der Waals surface area contributed by atoms with Crippen molar-refractivity contribution in [2.75, 3.05) is 38.1 Å². The fraction of sp³-hybridized carbons (Fsp3) is 0.706. The van der Waals surface area contributed by atoms with Crippen LogP contribution in [0.5, 0.6) is 0 Å². The smallest absolute Gasteiger partial charge is 0.320 e. The number of hydrogen-bond donors (Lipinski definition) is 1. The number of anilines is 1. The molecule has 4 heterocycles. The average molecular weight is 349 g/mol. The average Bonchev–Trinajstić information content (AvgIpc) is 3.27. The van der Waals surface area contributed by atoms with Crippen molar-refractivity contribution >= 4 is 12.0 Å². The first-order chi connectivity index (χ1) is 12.1. The van der Waals surface area contributed by atoms with E-state index in [2.05, 4.69) is 15.3 Å². The van der Waals surface area contributed by atoms with Crippen LogP contribution in [0.3, 0.4) is 0 Å². The number of aromatic nitrogens is 2. The summed E-state index contributed by atoms with van der Waals surface area (Å²) in [5.41, 5.74) is -0.286. The molecule has 3 aliphatic rings. The molecule has 1 aromatic heterocycles. The van der Waals surface area contributed by atoms with E-state index in [0.717, 1.165) is 64.1 Å². The van der Waals surface area contributed by atoms with Crippen molar-refractivity contribution in [1.29, 1.82) is 0 Å². The van der Waals surface area contributed by atoms with Crippen LogP contribution in [-0.2, 0) is 4.74 Å². The van der Waals surface area contributed by atoms with E-state index in [9.17, 15) is 9.18 Å². The molecular weight excluding hydrogens is 325 g/mol. The van der Waals surface area contributed by atoms with Crippen LogP contribution < -0.4 is 5.32 Å². The van der Waals surface area contributed by atoms with Gasteiger partial charge in [0.05, 0.1) is 37.2 Å². The van der Waals surface area contributed by atoms with Crippen LogP contribution in [0.1, 0.15) is 32.1 Å².